The summed E-state index contributed by atoms with van der Waals surface area (Å²) in [5.74, 6) is 0.821. The number of hydrogen-bond acceptors (Lipinski definition) is 4. The Bertz CT molecular complexity index is 685. The Labute approximate surface area is 145 Å². The van der Waals surface area contributed by atoms with Crippen LogP contribution in [0.2, 0.25) is 0 Å². The van der Waals surface area contributed by atoms with E-state index in [4.69, 9.17) is 4.99 Å². The molecule has 2 aromatic rings. The maximum Gasteiger partial charge on any atom is 0.201 e. The van der Waals surface area contributed by atoms with Gasteiger partial charge in [-0.25, -0.2) is 0 Å². The number of aliphatic imine (C=N–C) groups is 1. The lowest BCUT2D eigenvalue weighted by molar-refractivity contribution is -0.115. The molecule has 4 heteroatoms. The molecule has 0 spiro atoms. The van der Waals surface area contributed by atoms with Crippen LogP contribution in [-0.4, -0.2) is 9.49 Å². The van der Waals surface area contributed by atoms with Crippen LogP contribution in [0.1, 0.15) is 30.5 Å². The average Bonchev–Trinajstić information content (AvgIpc) is 2.61. The quantitative estimate of drug-likeness (QED) is 0.754. The van der Waals surface area contributed by atoms with Crippen LogP contribution in [0.15, 0.2) is 65.7 Å². The van der Waals surface area contributed by atoms with E-state index in [-0.39, 0.29) is 17.1 Å². The summed E-state index contributed by atoms with van der Waals surface area (Å²) in [5.41, 5.74) is 2.38. The fourth-order valence-corrected chi connectivity index (χ4v) is 4.77. The molecule has 3 rings (SSSR count). The molecule has 2 nitrogen and oxygen atoms in total. The van der Waals surface area contributed by atoms with Gasteiger partial charge in [0.25, 0.3) is 0 Å². The molecule has 0 saturated carbocycles. The highest BCUT2D eigenvalue weighted by molar-refractivity contribution is 8.44. The first-order valence-corrected chi connectivity index (χ1v) is 9.59. The van der Waals surface area contributed by atoms with Gasteiger partial charge in [-0.2, -0.15) is 0 Å². The van der Waals surface area contributed by atoms with Gasteiger partial charge in [0, 0.05) is 5.75 Å². The molecular weight excluding hydrogens is 322 g/mol. The number of carbonyl (C=O) groups is 1. The molecular formula is C19H19NOS2. The Morgan fingerprint density at radius 2 is 1.70 bits per heavy atom. The van der Waals surface area contributed by atoms with Crippen molar-refractivity contribution in [3.63, 3.8) is 0 Å². The van der Waals surface area contributed by atoms with Crippen molar-refractivity contribution in [3.05, 3.63) is 71.8 Å². The van der Waals surface area contributed by atoms with Gasteiger partial charge in [0.15, 0.2) is 0 Å². The topological polar surface area (TPSA) is 29.4 Å². The van der Waals surface area contributed by atoms with E-state index in [2.05, 4.69) is 31.2 Å². The molecule has 0 bridgehead atoms. The van der Waals surface area contributed by atoms with Gasteiger partial charge in [-0.15, -0.1) is 0 Å². The highest BCUT2D eigenvalue weighted by Crippen LogP contribution is 2.40. The number of rotatable bonds is 4. The van der Waals surface area contributed by atoms with Crippen LogP contribution in [-0.2, 0) is 10.5 Å². The van der Waals surface area contributed by atoms with Crippen molar-refractivity contribution in [1.29, 1.82) is 0 Å². The maximum absolute atomic E-state index is 12.5. The van der Waals surface area contributed by atoms with E-state index in [9.17, 15) is 4.79 Å². The zero-order valence-corrected chi connectivity index (χ0v) is 14.6. The van der Waals surface area contributed by atoms with Crippen LogP contribution in [0.4, 0.5) is 0 Å². The second-order valence-electron chi connectivity index (χ2n) is 5.46. The predicted octanol–water partition coefficient (Wildman–Crippen LogP) is 5.32. The van der Waals surface area contributed by atoms with Crippen LogP contribution in [0.3, 0.4) is 0 Å². The third-order valence-electron chi connectivity index (χ3n) is 3.90. The van der Waals surface area contributed by atoms with Crippen LogP contribution in [0.25, 0.3) is 0 Å². The van der Waals surface area contributed by atoms with Crippen molar-refractivity contribution in [2.45, 2.75) is 25.1 Å². The molecule has 0 unspecified atom stereocenters. The normalized spacial score (nSPS) is 21.1. The number of hydrogen-bond donors (Lipinski definition) is 0. The van der Waals surface area contributed by atoms with Crippen molar-refractivity contribution in [2.75, 3.05) is 0 Å². The van der Waals surface area contributed by atoms with Crippen molar-refractivity contribution < 1.29 is 4.79 Å². The number of thioether (sulfide) groups is 2. The van der Waals surface area contributed by atoms with Crippen LogP contribution >= 0.6 is 23.5 Å². The molecule has 1 aliphatic heterocycles. The van der Waals surface area contributed by atoms with Crippen molar-refractivity contribution >= 4 is 33.0 Å². The Balaban J connectivity index is 1.80. The van der Waals surface area contributed by atoms with Gasteiger partial charge < -0.3 is 0 Å². The Kier molecular flexibility index (Phi) is 5.57. The lowest BCUT2D eigenvalue weighted by Gasteiger charge is -2.27. The Morgan fingerprint density at radius 1 is 1.04 bits per heavy atom. The first-order chi connectivity index (χ1) is 11.3. The summed E-state index contributed by atoms with van der Waals surface area (Å²) in [5, 5.41) is 0.243. The lowest BCUT2D eigenvalue weighted by Crippen LogP contribution is -2.24. The molecule has 0 N–H and O–H groups in total. The molecule has 2 aromatic carbocycles. The minimum atomic E-state index is -0.0479. The second-order valence-corrected chi connectivity index (χ2v) is 7.68. The van der Waals surface area contributed by atoms with E-state index in [1.807, 2.05) is 36.4 Å². The van der Waals surface area contributed by atoms with E-state index >= 15 is 0 Å². The van der Waals surface area contributed by atoms with Gasteiger partial charge in [0.2, 0.25) is 5.12 Å². The summed E-state index contributed by atoms with van der Waals surface area (Å²) in [7, 11) is 0. The zero-order valence-electron chi connectivity index (χ0n) is 13.0. The minimum Gasteiger partial charge on any atom is -0.286 e. The fraction of sp³-hybridized carbons (Fsp3) is 0.263. The van der Waals surface area contributed by atoms with Gasteiger partial charge >= 0.3 is 0 Å². The molecule has 1 aliphatic rings. The molecule has 0 saturated heterocycles. The minimum absolute atomic E-state index is 0.0246. The molecule has 0 aromatic heterocycles. The predicted molar refractivity (Wildman–Crippen MR) is 101 cm³/mol. The van der Waals surface area contributed by atoms with E-state index in [0.717, 1.165) is 22.1 Å². The summed E-state index contributed by atoms with van der Waals surface area (Å²) >= 11 is 2.97. The van der Waals surface area contributed by atoms with Gasteiger partial charge in [-0.1, -0.05) is 79.3 Å². The third-order valence-corrected chi connectivity index (χ3v) is 6.12. The average molecular weight is 342 g/mol. The molecule has 1 heterocycles. The van der Waals surface area contributed by atoms with Crippen molar-refractivity contribution in [3.8, 4) is 0 Å². The van der Waals surface area contributed by atoms with Crippen molar-refractivity contribution in [1.82, 2.24) is 0 Å². The Morgan fingerprint density at radius 3 is 2.35 bits per heavy atom. The number of benzene rings is 2. The van der Waals surface area contributed by atoms with Crippen molar-refractivity contribution in [2.24, 2.45) is 10.9 Å². The largest absolute Gasteiger partial charge is 0.286 e. The molecule has 118 valence electrons. The van der Waals surface area contributed by atoms with Crippen LogP contribution in [0.5, 0.6) is 0 Å². The molecule has 2 atom stereocenters. The highest BCUT2D eigenvalue weighted by atomic mass is 32.2. The fourth-order valence-electron chi connectivity index (χ4n) is 2.65. The first kappa shape index (κ1) is 16.3. The summed E-state index contributed by atoms with van der Waals surface area (Å²) < 4.78 is 0.886. The smallest absolute Gasteiger partial charge is 0.201 e. The summed E-state index contributed by atoms with van der Waals surface area (Å²) in [4.78, 5) is 17.4. The first-order valence-electron chi connectivity index (χ1n) is 7.79. The van der Waals surface area contributed by atoms with E-state index in [0.29, 0.717) is 0 Å². The summed E-state index contributed by atoms with van der Waals surface area (Å²) in [6, 6.07) is 20.4. The third kappa shape index (κ3) is 4.06. The summed E-state index contributed by atoms with van der Waals surface area (Å²) in [6.07, 6.45) is 0.825. The lowest BCUT2D eigenvalue weighted by atomic mass is 9.92. The van der Waals surface area contributed by atoms with Crippen LogP contribution in [0, 0.1) is 5.92 Å². The van der Waals surface area contributed by atoms with Gasteiger partial charge in [0.05, 0.1) is 12.0 Å². The molecule has 23 heavy (non-hydrogen) atoms. The van der Waals surface area contributed by atoms with E-state index in [1.165, 1.54) is 17.3 Å². The second kappa shape index (κ2) is 7.84. The Hall–Kier alpha value is -1.52. The van der Waals surface area contributed by atoms with Gasteiger partial charge in [-0.3, -0.25) is 9.79 Å². The number of carbonyl (C=O) groups excluding carboxylic acids is 1. The zero-order chi connectivity index (χ0) is 16.1. The number of nitrogens with zero attached hydrogens (tertiary/aromatic N) is 1. The molecule has 0 fully saturated rings. The van der Waals surface area contributed by atoms with Crippen LogP contribution < -0.4 is 0 Å². The summed E-state index contributed by atoms with van der Waals surface area (Å²) in [6.45, 7) is 2.07. The van der Waals surface area contributed by atoms with Gasteiger partial charge in [-0.05, 0) is 29.3 Å². The molecule has 0 radical (unpaired) electrons. The highest BCUT2D eigenvalue weighted by Gasteiger charge is 2.33. The maximum atomic E-state index is 12.5. The van der Waals surface area contributed by atoms with E-state index < -0.39 is 0 Å². The van der Waals surface area contributed by atoms with E-state index in [1.54, 1.807) is 11.8 Å². The molecule has 0 amide bonds. The molecule has 0 aliphatic carbocycles. The monoisotopic (exact) mass is 341 g/mol. The van der Waals surface area contributed by atoms with Gasteiger partial charge in [0.1, 0.15) is 4.38 Å². The standard InChI is InChI=1S/C19H19NOS2/c1-2-16-17(15-11-7-4-8-12-15)20-19(23-18(16)21)22-13-14-9-5-3-6-10-14/h3-12,16-17H,2,13H2,1H3/t16-,17+/m1/s1. The SMILES string of the molecule is CC[C@H]1C(=O)SC(SCc2ccccc2)=N[C@H]1c1ccccc1.